The van der Waals surface area contributed by atoms with Gasteiger partial charge in [0.15, 0.2) is 12.4 Å². The maximum Gasteiger partial charge on any atom is 0.336 e. The molecule has 0 saturated carbocycles. The lowest BCUT2D eigenvalue weighted by Gasteiger charge is -2.10. The number of aryl methyl sites for hydroxylation is 1. The first-order valence-electron chi connectivity index (χ1n) is 11.3. The van der Waals surface area contributed by atoms with Crippen molar-refractivity contribution in [3.05, 3.63) is 83.4 Å². The summed E-state index contributed by atoms with van der Waals surface area (Å²) in [4.78, 5) is 17.0. The second kappa shape index (κ2) is 11.1. The van der Waals surface area contributed by atoms with Gasteiger partial charge in [0.25, 0.3) is 5.91 Å². The van der Waals surface area contributed by atoms with Crippen LogP contribution in [0.4, 0.5) is 5.69 Å². The van der Waals surface area contributed by atoms with Gasteiger partial charge in [-0.2, -0.15) is 4.98 Å². The molecule has 1 heterocycles. The van der Waals surface area contributed by atoms with E-state index in [1.807, 2.05) is 55.5 Å². The Morgan fingerprint density at radius 1 is 1.00 bits per heavy atom. The van der Waals surface area contributed by atoms with Crippen molar-refractivity contribution < 1.29 is 14.3 Å². The van der Waals surface area contributed by atoms with Crippen molar-refractivity contribution in [2.24, 2.45) is 5.92 Å². The number of nitrogens with one attached hydrogen (secondary N) is 1. The number of halogens is 1. The Bertz CT molecular complexity index is 1280. The molecule has 0 fully saturated rings. The van der Waals surface area contributed by atoms with Gasteiger partial charge in [-0.3, -0.25) is 4.79 Å². The number of anilines is 1. The Kier molecular flexibility index (Phi) is 7.67. The summed E-state index contributed by atoms with van der Waals surface area (Å²) in [6.07, 6.45) is 0. The molecule has 1 aromatic heterocycles. The van der Waals surface area contributed by atoms with Crippen LogP contribution < -0.4 is 14.8 Å². The summed E-state index contributed by atoms with van der Waals surface area (Å²) in [6.45, 7) is 6.61. The first-order chi connectivity index (χ1) is 16.9. The van der Waals surface area contributed by atoms with E-state index in [0.717, 1.165) is 16.8 Å². The zero-order valence-electron chi connectivity index (χ0n) is 19.9. The number of ether oxygens (including phenoxy) is 2. The third kappa shape index (κ3) is 6.39. The minimum absolute atomic E-state index is 0.111. The van der Waals surface area contributed by atoms with Gasteiger partial charge in [0.2, 0.25) is 0 Å². The fraction of sp³-hybridized carbons (Fsp3) is 0.222. The van der Waals surface area contributed by atoms with Crippen LogP contribution in [0.15, 0.2) is 72.8 Å². The molecule has 4 aromatic rings. The van der Waals surface area contributed by atoms with Gasteiger partial charge in [0.1, 0.15) is 5.75 Å². The lowest BCUT2D eigenvalue weighted by Crippen LogP contribution is -2.20. The molecule has 0 aliphatic heterocycles. The molecule has 0 radical (unpaired) electrons. The third-order valence-electron chi connectivity index (χ3n) is 5.10. The monoisotopic (exact) mass is 490 g/mol. The molecule has 8 heteroatoms. The van der Waals surface area contributed by atoms with Crippen molar-refractivity contribution in [2.45, 2.75) is 20.8 Å². The molecule has 1 amide bonds. The number of benzene rings is 3. The average molecular weight is 491 g/mol. The van der Waals surface area contributed by atoms with E-state index in [0.29, 0.717) is 40.8 Å². The summed E-state index contributed by atoms with van der Waals surface area (Å²) in [5.41, 5.74) is 3.50. The smallest absolute Gasteiger partial charge is 0.336 e. The molecule has 0 aliphatic carbocycles. The molecule has 1 N–H and O–H groups in total. The quantitative estimate of drug-likeness (QED) is 0.313. The van der Waals surface area contributed by atoms with Crippen LogP contribution in [0.1, 0.15) is 19.4 Å². The largest absolute Gasteiger partial charge is 0.484 e. The number of rotatable bonds is 9. The van der Waals surface area contributed by atoms with Crippen molar-refractivity contribution in [1.82, 2.24) is 14.8 Å². The topological polar surface area (TPSA) is 78.3 Å². The molecule has 4 rings (SSSR count). The van der Waals surface area contributed by atoms with Crippen molar-refractivity contribution in [3.63, 3.8) is 0 Å². The van der Waals surface area contributed by atoms with Gasteiger partial charge in [-0.25, -0.2) is 4.68 Å². The highest BCUT2D eigenvalue weighted by Crippen LogP contribution is 2.27. The molecule has 3 aromatic carbocycles. The Hall–Kier alpha value is -3.84. The zero-order chi connectivity index (χ0) is 24.8. The summed E-state index contributed by atoms with van der Waals surface area (Å²) >= 11 is 5.87. The number of hydrogen-bond acceptors (Lipinski definition) is 5. The average Bonchev–Trinajstić information content (AvgIpc) is 3.27. The van der Waals surface area contributed by atoms with Crippen molar-refractivity contribution >= 4 is 23.2 Å². The minimum Gasteiger partial charge on any atom is -0.484 e. The predicted octanol–water partition coefficient (Wildman–Crippen LogP) is 5.95. The molecular formula is C27H27ClN4O3. The van der Waals surface area contributed by atoms with E-state index >= 15 is 0 Å². The Balaban J connectivity index is 1.50. The van der Waals surface area contributed by atoms with Crippen LogP contribution >= 0.6 is 11.6 Å². The number of carbonyl (C=O) groups excluding carboxylic acids is 1. The van der Waals surface area contributed by atoms with E-state index in [-0.39, 0.29) is 12.5 Å². The highest BCUT2D eigenvalue weighted by atomic mass is 35.5. The highest BCUT2D eigenvalue weighted by molar-refractivity contribution is 6.30. The van der Waals surface area contributed by atoms with Gasteiger partial charge in [-0.1, -0.05) is 49.7 Å². The number of nitrogens with zero attached hydrogens (tertiary/aromatic N) is 3. The Morgan fingerprint density at radius 3 is 2.40 bits per heavy atom. The lowest BCUT2D eigenvalue weighted by molar-refractivity contribution is -0.118. The summed E-state index contributed by atoms with van der Waals surface area (Å²) in [7, 11) is 0. The van der Waals surface area contributed by atoms with E-state index in [2.05, 4.69) is 29.2 Å². The number of carbonyl (C=O) groups is 1. The number of aromatic nitrogens is 3. The van der Waals surface area contributed by atoms with Gasteiger partial charge in [-0.05, 0) is 66.9 Å². The second-order valence-electron chi connectivity index (χ2n) is 8.49. The summed E-state index contributed by atoms with van der Waals surface area (Å²) in [5, 5.41) is 8.04. The van der Waals surface area contributed by atoms with E-state index in [4.69, 9.17) is 21.1 Å². The van der Waals surface area contributed by atoms with Crippen LogP contribution in [0, 0.1) is 12.8 Å². The van der Waals surface area contributed by atoms with E-state index in [9.17, 15) is 4.79 Å². The maximum atomic E-state index is 12.3. The van der Waals surface area contributed by atoms with E-state index in [1.165, 1.54) is 0 Å². The maximum absolute atomic E-state index is 12.3. The van der Waals surface area contributed by atoms with Gasteiger partial charge in [-0.15, -0.1) is 5.10 Å². The van der Waals surface area contributed by atoms with Crippen molar-refractivity contribution in [1.29, 1.82) is 0 Å². The summed E-state index contributed by atoms with van der Waals surface area (Å²) < 4.78 is 13.1. The van der Waals surface area contributed by atoms with Crippen LogP contribution in [-0.4, -0.2) is 33.9 Å². The molecule has 35 heavy (non-hydrogen) atoms. The molecule has 7 nitrogen and oxygen atoms in total. The molecule has 0 saturated heterocycles. The van der Waals surface area contributed by atoms with Crippen LogP contribution in [0.3, 0.4) is 0 Å². The number of hydrogen-bond donors (Lipinski definition) is 1. The Labute approximate surface area is 209 Å². The third-order valence-corrected chi connectivity index (χ3v) is 5.35. The molecule has 0 unspecified atom stereocenters. The van der Waals surface area contributed by atoms with Crippen LogP contribution in [0.5, 0.6) is 11.8 Å². The zero-order valence-corrected chi connectivity index (χ0v) is 20.6. The highest BCUT2D eigenvalue weighted by Gasteiger charge is 2.17. The summed E-state index contributed by atoms with van der Waals surface area (Å²) in [6, 6.07) is 22.6. The van der Waals surface area contributed by atoms with Gasteiger partial charge < -0.3 is 14.8 Å². The molecular weight excluding hydrogens is 464 g/mol. The van der Waals surface area contributed by atoms with Crippen LogP contribution in [0.25, 0.3) is 17.1 Å². The molecule has 0 bridgehead atoms. The molecule has 180 valence electrons. The van der Waals surface area contributed by atoms with Gasteiger partial charge >= 0.3 is 6.01 Å². The van der Waals surface area contributed by atoms with E-state index < -0.39 is 0 Å². The summed E-state index contributed by atoms with van der Waals surface area (Å²) in [5.74, 6) is 1.36. The van der Waals surface area contributed by atoms with Gasteiger partial charge in [0, 0.05) is 16.3 Å². The normalized spacial score (nSPS) is 10.9. The van der Waals surface area contributed by atoms with Crippen molar-refractivity contribution in [3.8, 4) is 28.8 Å². The van der Waals surface area contributed by atoms with Crippen LogP contribution in [-0.2, 0) is 4.79 Å². The predicted molar refractivity (Wildman–Crippen MR) is 137 cm³/mol. The SMILES string of the molecule is Cc1ccccc1-c1nc(OCC(C)C)nn1-c1ccc(NC(=O)COc2ccc(Cl)cc2)cc1. The molecule has 0 aliphatic rings. The van der Waals surface area contributed by atoms with E-state index in [1.54, 1.807) is 28.9 Å². The Morgan fingerprint density at radius 2 is 1.71 bits per heavy atom. The fourth-order valence-electron chi connectivity index (χ4n) is 3.34. The lowest BCUT2D eigenvalue weighted by atomic mass is 10.1. The fourth-order valence-corrected chi connectivity index (χ4v) is 3.46. The standard InChI is InChI=1S/C27H27ClN4O3/c1-18(2)16-35-27-30-26(24-7-5-4-6-19(24)3)32(31-27)22-12-10-21(11-13-22)29-25(33)17-34-23-14-8-20(28)9-15-23/h4-15,18H,16-17H2,1-3H3,(H,29,33). The minimum atomic E-state index is -0.265. The number of amides is 1. The van der Waals surface area contributed by atoms with Crippen LogP contribution in [0.2, 0.25) is 5.02 Å². The molecule has 0 spiro atoms. The van der Waals surface area contributed by atoms with Crippen molar-refractivity contribution in [2.75, 3.05) is 18.5 Å². The van der Waals surface area contributed by atoms with Gasteiger partial charge in [0.05, 0.1) is 12.3 Å². The second-order valence-corrected chi connectivity index (χ2v) is 8.92. The molecule has 0 atom stereocenters. The first-order valence-corrected chi connectivity index (χ1v) is 11.7. The first kappa shape index (κ1) is 24.3.